The number of ether oxygens (including phenoxy) is 2. The van der Waals surface area contributed by atoms with Crippen molar-refractivity contribution in [1.82, 2.24) is 14.6 Å². The number of nitro benzene ring substituents is 1. The summed E-state index contributed by atoms with van der Waals surface area (Å²) in [5.74, 6) is 1.12. The number of para-hydroxylation sites is 1. The normalized spacial score (nSPS) is 13.4. The van der Waals surface area contributed by atoms with E-state index in [1.165, 1.54) is 17.8 Å². The summed E-state index contributed by atoms with van der Waals surface area (Å²) in [6.45, 7) is 2.49. The van der Waals surface area contributed by atoms with E-state index in [9.17, 15) is 10.1 Å². The summed E-state index contributed by atoms with van der Waals surface area (Å²) in [7, 11) is 0. The van der Waals surface area contributed by atoms with E-state index >= 15 is 0 Å². The second-order valence-corrected chi connectivity index (χ2v) is 7.71. The fourth-order valence-electron chi connectivity index (χ4n) is 3.60. The van der Waals surface area contributed by atoms with Crippen molar-refractivity contribution < 1.29 is 14.4 Å². The number of thioether (sulfide) groups is 1. The number of nitrogens with zero attached hydrogens (tertiary/aromatic N) is 4. The average molecular weight is 408 g/mol. The van der Waals surface area contributed by atoms with Crippen LogP contribution in [0, 0.1) is 17.0 Å². The molecule has 0 saturated carbocycles. The Kier molecular flexibility index (Phi) is 4.33. The maximum Gasteiger partial charge on any atom is 0.270 e. The number of aromatic nitrogens is 3. The highest BCUT2D eigenvalue weighted by Gasteiger charge is 2.22. The minimum Gasteiger partial charge on any atom is -0.467 e. The number of hydrogen-bond donors (Lipinski definition) is 0. The van der Waals surface area contributed by atoms with E-state index in [1.807, 2.05) is 28.7 Å². The third-order valence-corrected chi connectivity index (χ3v) is 5.89. The van der Waals surface area contributed by atoms with Crippen LogP contribution >= 0.6 is 11.8 Å². The van der Waals surface area contributed by atoms with Gasteiger partial charge in [-0.05, 0) is 24.6 Å². The molecule has 146 valence electrons. The van der Waals surface area contributed by atoms with E-state index in [1.54, 1.807) is 6.07 Å². The molecule has 8 nitrogen and oxygen atoms in total. The maximum absolute atomic E-state index is 11.3. The molecule has 29 heavy (non-hydrogen) atoms. The van der Waals surface area contributed by atoms with Crippen LogP contribution in [0.4, 0.5) is 5.69 Å². The van der Waals surface area contributed by atoms with Crippen molar-refractivity contribution in [2.24, 2.45) is 0 Å². The molecule has 9 heteroatoms. The van der Waals surface area contributed by atoms with Crippen molar-refractivity contribution in [1.29, 1.82) is 0 Å². The SMILES string of the molecule is Cc1cc2nnc(SCc3cc([N+](=O)[O-])cc4c3OCOC4)n2c2ccccc12. The molecule has 0 fully saturated rings. The minimum absolute atomic E-state index is 0.0284. The standard InChI is InChI=1S/C20H16N4O4S/c1-12-6-18-21-22-20(23(18)17-5-3-2-4-16(12)17)29-10-14-8-15(24(25)26)7-13-9-27-11-28-19(13)14/h2-8H,9-11H2,1H3. The second-order valence-electron chi connectivity index (χ2n) is 6.77. The van der Waals surface area contributed by atoms with Gasteiger partial charge in [-0.15, -0.1) is 10.2 Å². The largest absolute Gasteiger partial charge is 0.467 e. The zero-order valence-electron chi connectivity index (χ0n) is 15.5. The van der Waals surface area contributed by atoms with Crippen molar-refractivity contribution in [3.05, 3.63) is 69.3 Å². The molecule has 1 aliphatic heterocycles. The van der Waals surface area contributed by atoms with Crippen molar-refractivity contribution in [2.45, 2.75) is 24.4 Å². The lowest BCUT2D eigenvalue weighted by Crippen LogP contribution is -2.13. The first-order chi connectivity index (χ1) is 14.1. The molecule has 0 aliphatic carbocycles. The van der Waals surface area contributed by atoms with E-state index in [0.29, 0.717) is 23.7 Å². The first-order valence-electron chi connectivity index (χ1n) is 8.99. The van der Waals surface area contributed by atoms with Crippen molar-refractivity contribution in [3.63, 3.8) is 0 Å². The van der Waals surface area contributed by atoms with Crippen LogP contribution < -0.4 is 4.74 Å². The van der Waals surface area contributed by atoms with Crippen LogP contribution in [0.3, 0.4) is 0 Å². The molecule has 0 N–H and O–H groups in total. The molecule has 0 amide bonds. The number of pyridine rings is 1. The summed E-state index contributed by atoms with van der Waals surface area (Å²) < 4.78 is 12.9. The van der Waals surface area contributed by atoms with Crippen LogP contribution in [0.5, 0.6) is 5.75 Å². The quantitative estimate of drug-likeness (QED) is 0.283. The number of fused-ring (bicyclic) bond motifs is 4. The van der Waals surface area contributed by atoms with Gasteiger partial charge in [0.2, 0.25) is 0 Å². The highest BCUT2D eigenvalue weighted by atomic mass is 32.2. The monoisotopic (exact) mass is 408 g/mol. The molecule has 2 aromatic heterocycles. The summed E-state index contributed by atoms with van der Waals surface area (Å²) in [6, 6.07) is 13.2. The molecule has 2 aromatic carbocycles. The van der Waals surface area contributed by atoms with Crippen LogP contribution in [0.1, 0.15) is 16.7 Å². The third kappa shape index (κ3) is 3.08. The van der Waals surface area contributed by atoms with Crippen LogP contribution in [0.15, 0.2) is 47.6 Å². The third-order valence-electron chi connectivity index (χ3n) is 4.91. The molecule has 3 heterocycles. The van der Waals surface area contributed by atoms with E-state index in [2.05, 4.69) is 23.2 Å². The van der Waals surface area contributed by atoms with Gasteiger partial charge in [0.1, 0.15) is 5.75 Å². The topological polar surface area (TPSA) is 91.8 Å². The molecule has 4 aromatic rings. The van der Waals surface area contributed by atoms with Crippen molar-refractivity contribution in [3.8, 4) is 5.75 Å². The van der Waals surface area contributed by atoms with Gasteiger partial charge in [-0.2, -0.15) is 0 Å². The lowest BCUT2D eigenvalue weighted by Gasteiger charge is -2.20. The number of nitro groups is 1. The van der Waals surface area contributed by atoms with Gasteiger partial charge in [0.05, 0.1) is 17.0 Å². The molecule has 5 rings (SSSR count). The lowest BCUT2D eigenvalue weighted by atomic mass is 10.1. The fraction of sp³-hybridized carbons (Fsp3) is 0.200. The first kappa shape index (κ1) is 17.9. The number of rotatable bonds is 4. The fourth-order valence-corrected chi connectivity index (χ4v) is 4.52. The van der Waals surface area contributed by atoms with Gasteiger partial charge >= 0.3 is 0 Å². The van der Waals surface area contributed by atoms with E-state index in [-0.39, 0.29) is 12.5 Å². The Morgan fingerprint density at radius 1 is 1.24 bits per heavy atom. The molecule has 0 saturated heterocycles. The Labute approximate surface area is 169 Å². The molecule has 0 radical (unpaired) electrons. The summed E-state index contributed by atoms with van der Waals surface area (Å²) in [5.41, 5.74) is 4.40. The van der Waals surface area contributed by atoms with Gasteiger partial charge in [0.15, 0.2) is 17.6 Å². The zero-order chi connectivity index (χ0) is 20.0. The van der Waals surface area contributed by atoms with Crippen LogP contribution in [-0.2, 0) is 17.1 Å². The number of benzene rings is 2. The molecule has 0 spiro atoms. The predicted octanol–water partition coefficient (Wildman–Crippen LogP) is 4.26. The molecule has 1 aliphatic rings. The molecule has 0 atom stereocenters. The Bertz CT molecular complexity index is 1270. The Hall–Kier alpha value is -3.17. The van der Waals surface area contributed by atoms with Gasteiger partial charge in [-0.25, -0.2) is 0 Å². The summed E-state index contributed by atoms with van der Waals surface area (Å²) in [4.78, 5) is 10.9. The maximum atomic E-state index is 11.3. The van der Waals surface area contributed by atoms with Crippen LogP contribution in [0.2, 0.25) is 0 Å². The van der Waals surface area contributed by atoms with Gasteiger partial charge in [-0.1, -0.05) is 30.0 Å². The second kappa shape index (κ2) is 7.02. The Balaban J connectivity index is 1.56. The summed E-state index contributed by atoms with van der Waals surface area (Å²) in [6.07, 6.45) is 0. The number of aryl methyl sites for hydroxylation is 1. The Morgan fingerprint density at radius 2 is 2.10 bits per heavy atom. The van der Waals surface area contributed by atoms with Gasteiger partial charge in [-0.3, -0.25) is 14.5 Å². The number of hydrogen-bond acceptors (Lipinski definition) is 7. The van der Waals surface area contributed by atoms with E-state index in [0.717, 1.165) is 32.8 Å². The van der Waals surface area contributed by atoms with Gasteiger partial charge < -0.3 is 9.47 Å². The van der Waals surface area contributed by atoms with Gasteiger partial charge in [0, 0.05) is 34.4 Å². The average Bonchev–Trinajstić information content (AvgIpc) is 3.14. The highest BCUT2D eigenvalue weighted by Crippen LogP contribution is 2.36. The van der Waals surface area contributed by atoms with E-state index in [4.69, 9.17) is 9.47 Å². The lowest BCUT2D eigenvalue weighted by molar-refractivity contribution is -0.385. The van der Waals surface area contributed by atoms with Crippen LogP contribution in [-0.4, -0.2) is 26.3 Å². The first-order valence-corrected chi connectivity index (χ1v) is 9.97. The predicted molar refractivity (Wildman–Crippen MR) is 108 cm³/mol. The molecular formula is C20H16N4O4S. The Morgan fingerprint density at radius 3 is 2.97 bits per heavy atom. The molecule has 0 unspecified atom stereocenters. The van der Waals surface area contributed by atoms with Gasteiger partial charge in [0.25, 0.3) is 5.69 Å². The highest BCUT2D eigenvalue weighted by molar-refractivity contribution is 7.98. The summed E-state index contributed by atoms with van der Waals surface area (Å²) >= 11 is 1.47. The number of non-ortho nitro benzene ring substituents is 1. The van der Waals surface area contributed by atoms with E-state index < -0.39 is 4.92 Å². The summed E-state index contributed by atoms with van der Waals surface area (Å²) in [5, 5.41) is 21.8. The van der Waals surface area contributed by atoms with Crippen molar-refractivity contribution >= 4 is 34.0 Å². The zero-order valence-corrected chi connectivity index (χ0v) is 16.3. The van der Waals surface area contributed by atoms with Crippen LogP contribution in [0.25, 0.3) is 16.6 Å². The minimum atomic E-state index is -0.397. The molecular weight excluding hydrogens is 392 g/mol. The molecule has 0 bridgehead atoms. The smallest absolute Gasteiger partial charge is 0.270 e. The van der Waals surface area contributed by atoms with Crippen molar-refractivity contribution in [2.75, 3.05) is 6.79 Å².